The fraction of sp³-hybridized carbons (Fsp3) is 0.222. The highest BCUT2D eigenvalue weighted by Gasteiger charge is 2.48. The normalized spacial score (nSPS) is 18.3. The Morgan fingerprint density at radius 3 is 2.23 bits per heavy atom. The molecule has 2 atom stereocenters. The Balaban J connectivity index is 1.63. The summed E-state index contributed by atoms with van der Waals surface area (Å²) in [7, 11) is 0. The van der Waals surface area contributed by atoms with Crippen LogP contribution in [-0.2, 0) is 9.59 Å². The van der Waals surface area contributed by atoms with E-state index in [-0.39, 0.29) is 12.3 Å². The Morgan fingerprint density at radius 1 is 0.962 bits per heavy atom. The van der Waals surface area contributed by atoms with Crippen molar-refractivity contribution in [2.75, 3.05) is 10.6 Å². The second-order valence-electron chi connectivity index (χ2n) is 6.06. The molecule has 0 heterocycles. The average molecular weight is 383 g/mol. The molecule has 26 heavy (non-hydrogen) atoms. The largest absolute Gasteiger partial charge is 0.326 e. The molecular formula is C18H14ClF3N2O2. The second kappa shape index (κ2) is 6.99. The van der Waals surface area contributed by atoms with Gasteiger partial charge in [0.15, 0.2) is 17.5 Å². The molecule has 0 saturated heterocycles. The van der Waals surface area contributed by atoms with Gasteiger partial charge in [0.25, 0.3) is 0 Å². The number of hydrogen-bond acceptors (Lipinski definition) is 2. The predicted octanol–water partition coefficient (Wildman–Crippen LogP) is 4.28. The molecule has 2 aromatic carbocycles. The Hall–Kier alpha value is -2.54. The number of nitrogens with one attached hydrogen (secondary N) is 2. The van der Waals surface area contributed by atoms with Gasteiger partial charge in [0, 0.05) is 10.7 Å². The van der Waals surface area contributed by atoms with Crippen molar-refractivity contribution in [3.8, 4) is 0 Å². The molecule has 0 aliphatic heterocycles. The maximum atomic E-state index is 13.6. The van der Waals surface area contributed by atoms with Crippen LogP contribution in [0.1, 0.15) is 12.0 Å². The highest BCUT2D eigenvalue weighted by Crippen LogP contribution is 2.41. The van der Waals surface area contributed by atoms with E-state index in [1.54, 1.807) is 25.1 Å². The molecule has 1 fully saturated rings. The van der Waals surface area contributed by atoms with Crippen LogP contribution in [0.5, 0.6) is 0 Å². The standard InChI is InChI=1S/C18H14ClF3N2O2/c1-8-11(19)3-2-4-13(8)23-17(25)9-7-10(9)18(26)24-14-6-5-12(20)15(21)16(14)22/h2-6,9-10H,7H2,1H3,(H,23,25)(H,24,26). The smallest absolute Gasteiger partial charge is 0.228 e. The van der Waals surface area contributed by atoms with Crippen LogP contribution in [0, 0.1) is 36.2 Å². The fourth-order valence-corrected chi connectivity index (χ4v) is 2.77. The number of halogens is 4. The number of benzene rings is 2. The number of hydrogen-bond donors (Lipinski definition) is 2. The molecule has 0 radical (unpaired) electrons. The first-order valence-corrected chi connectivity index (χ1v) is 8.17. The van der Waals surface area contributed by atoms with Crippen LogP contribution in [0.3, 0.4) is 0 Å². The Kier molecular flexibility index (Phi) is 4.91. The first kappa shape index (κ1) is 18.3. The summed E-state index contributed by atoms with van der Waals surface area (Å²) in [6.07, 6.45) is 0.280. The maximum absolute atomic E-state index is 13.6. The zero-order valence-electron chi connectivity index (χ0n) is 13.6. The van der Waals surface area contributed by atoms with E-state index in [1.165, 1.54) is 0 Å². The van der Waals surface area contributed by atoms with Gasteiger partial charge in [-0.1, -0.05) is 17.7 Å². The van der Waals surface area contributed by atoms with E-state index >= 15 is 0 Å². The molecule has 0 bridgehead atoms. The van der Waals surface area contributed by atoms with Crippen molar-refractivity contribution >= 4 is 34.8 Å². The van der Waals surface area contributed by atoms with Crippen molar-refractivity contribution in [1.82, 2.24) is 0 Å². The van der Waals surface area contributed by atoms with E-state index in [4.69, 9.17) is 11.6 Å². The van der Waals surface area contributed by atoms with E-state index in [0.717, 1.165) is 6.07 Å². The Morgan fingerprint density at radius 2 is 1.58 bits per heavy atom. The van der Waals surface area contributed by atoms with Crippen LogP contribution in [0.2, 0.25) is 5.02 Å². The SMILES string of the molecule is Cc1c(Cl)cccc1NC(=O)C1CC1C(=O)Nc1ccc(F)c(F)c1F. The van der Waals surface area contributed by atoms with Gasteiger partial charge >= 0.3 is 0 Å². The highest BCUT2D eigenvalue weighted by atomic mass is 35.5. The Labute approximate surface area is 152 Å². The number of carbonyl (C=O) groups excluding carboxylic acids is 2. The molecular weight excluding hydrogens is 369 g/mol. The highest BCUT2D eigenvalue weighted by molar-refractivity contribution is 6.31. The summed E-state index contributed by atoms with van der Waals surface area (Å²) in [5.74, 6) is -6.72. The third-order valence-electron chi connectivity index (χ3n) is 4.28. The third-order valence-corrected chi connectivity index (χ3v) is 4.69. The summed E-state index contributed by atoms with van der Waals surface area (Å²) < 4.78 is 39.7. The summed E-state index contributed by atoms with van der Waals surface area (Å²) in [5, 5.41) is 5.39. The average Bonchev–Trinajstić information content (AvgIpc) is 3.40. The molecule has 2 amide bonds. The molecule has 3 rings (SSSR count). The molecule has 0 aromatic heterocycles. The van der Waals surface area contributed by atoms with Gasteiger partial charge in [-0.3, -0.25) is 9.59 Å². The molecule has 8 heteroatoms. The number of rotatable bonds is 4. The number of carbonyl (C=O) groups is 2. The van der Waals surface area contributed by atoms with E-state index in [2.05, 4.69) is 10.6 Å². The summed E-state index contributed by atoms with van der Waals surface area (Å²) >= 11 is 5.99. The fourth-order valence-electron chi connectivity index (χ4n) is 2.59. The maximum Gasteiger partial charge on any atom is 0.228 e. The lowest BCUT2D eigenvalue weighted by Gasteiger charge is -2.10. The van der Waals surface area contributed by atoms with Crippen molar-refractivity contribution in [1.29, 1.82) is 0 Å². The topological polar surface area (TPSA) is 58.2 Å². The van der Waals surface area contributed by atoms with Crippen LogP contribution < -0.4 is 10.6 Å². The van der Waals surface area contributed by atoms with E-state index in [9.17, 15) is 22.8 Å². The lowest BCUT2D eigenvalue weighted by atomic mass is 10.2. The van der Waals surface area contributed by atoms with Crippen LogP contribution in [0.15, 0.2) is 30.3 Å². The summed E-state index contributed by atoms with van der Waals surface area (Å²) in [6.45, 7) is 1.75. The zero-order valence-corrected chi connectivity index (χ0v) is 14.3. The van der Waals surface area contributed by atoms with Crippen molar-refractivity contribution in [3.63, 3.8) is 0 Å². The van der Waals surface area contributed by atoms with Gasteiger partial charge in [-0.15, -0.1) is 0 Å². The first-order chi connectivity index (χ1) is 12.3. The van der Waals surface area contributed by atoms with Gasteiger partial charge in [-0.2, -0.15) is 0 Å². The minimum absolute atomic E-state index is 0.280. The van der Waals surface area contributed by atoms with Crippen LogP contribution in [0.4, 0.5) is 24.5 Å². The van der Waals surface area contributed by atoms with E-state index < -0.39 is 40.9 Å². The molecule has 0 spiro atoms. The summed E-state index contributed by atoms with van der Waals surface area (Å²) in [4.78, 5) is 24.4. The monoisotopic (exact) mass is 382 g/mol. The number of amides is 2. The Bertz CT molecular complexity index is 904. The van der Waals surface area contributed by atoms with Gasteiger partial charge in [-0.05, 0) is 43.2 Å². The van der Waals surface area contributed by atoms with Gasteiger partial charge in [0.2, 0.25) is 11.8 Å². The van der Waals surface area contributed by atoms with E-state index in [1.807, 2.05) is 0 Å². The van der Waals surface area contributed by atoms with Crippen LogP contribution in [0.25, 0.3) is 0 Å². The third kappa shape index (κ3) is 3.53. The predicted molar refractivity (Wildman–Crippen MR) is 91.4 cm³/mol. The lowest BCUT2D eigenvalue weighted by Crippen LogP contribution is -2.21. The molecule has 4 nitrogen and oxygen atoms in total. The molecule has 1 aliphatic rings. The van der Waals surface area contributed by atoms with Gasteiger partial charge in [0.05, 0.1) is 17.5 Å². The zero-order chi connectivity index (χ0) is 19.0. The lowest BCUT2D eigenvalue weighted by molar-refractivity contribution is -0.122. The van der Waals surface area contributed by atoms with Gasteiger partial charge in [-0.25, -0.2) is 13.2 Å². The van der Waals surface area contributed by atoms with E-state index in [0.29, 0.717) is 22.3 Å². The number of anilines is 2. The first-order valence-electron chi connectivity index (χ1n) is 7.80. The van der Waals surface area contributed by atoms with Gasteiger partial charge < -0.3 is 10.6 Å². The summed E-state index contributed by atoms with van der Waals surface area (Å²) in [5.41, 5.74) is 0.777. The molecule has 1 aliphatic carbocycles. The molecule has 136 valence electrons. The minimum Gasteiger partial charge on any atom is -0.326 e. The van der Waals surface area contributed by atoms with Crippen molar-refractivity contribution in [2.24, 2.45) is 11.8 Å². The molecule has 2 aromatic rings. The molecule has 2 unspecified atom stereocenters. The second-order valence-corrected chi connectivity index (χ2v) is 6.47. The minimum atomic E-state index is -1.66. The summed E-state index contributed by atoms with van der Waals surface area (Å²) in [6, 6.07) is 6.71. The van der Waals surface area contributed by atoms with Crippen LogP contribution in [-0.4, -0.2) is 11.8 Å². The van der Waals surface area contributed by atoms with Gasteiger partial charge in [0.1, 0.15) is 0 Å². The van der Waals surface area contributed by atoms with Crippen LogP contribution >= 0.6 is 11.6 Å². The van der Waals surface area contributed by atoms with Crippen molar-refractivity contribution in [3.05, 3.63) is 58.4 Å². The molecule has 1 saturated carbocycles. The van der Waals surface area contributed by atoms with Crippen molar-refractivity contribution < 1.29 is 22.8 Å². The van der Waals surface area contributed by atoms with Crippen molar-refractivity contribution in [2.45, 2.75) is 13.3 Å². The quantitative estimate of drug-likeness (QED) is 0.775. The molecule has 2 N–H and O–H groups in total.